The quantitative estimate of drug-likeness (QED) is 0.703. The number of carbonyl (C=O) groups is 1. The molecule has 5 aliphatic rings. The van der Waals surface area contributed by atoms with Crippen molar-refractivity contribution in [3.8, 4) is 0 Å². The third-order valence-electron chi connectivity index (χ3n) is 9.41. The maximum atomic E-state index is 12.4. The van der Waals surface area contributed by atoms with Crippen LogP contribution in [0.3, 0.4) is 0 Å². The van der Waals surface area contributed by atoms with E-state index in [2.05, 4.69) is 34.1 Å². The normalized spacial score (nSPS) is 36.6. The highest BCUT2D eigenvalue weighted by Crippen LogP contribution is 2.51. The van der Waals surface area contributed by atoms with Crippen molar-refractivity contribution in [1.29, 1.82) is 0 Å². The molecule has 2 saturated heterocycles. The summed E-state index contributed by atoms with van der Waals surface area (Å²) in [5.41, 5.74) is 3.41. The van der Waals surface area contributed by atoms with Gasteiger partial charge in [0.25, 0.3) is 0 Å². The van der Waals surface area contributed by atoms with Gasteiger partial charge in [0.2, 0.25) is 5.91 Å². The van der Waals surface area contributed by atoms with Gasteiger partial charge < -0.3 is 9.80 Å². The van der Waals surface area contributed by atoms with Gasteiger partial charge in [0.05, 0.1) is 6.04 Å². The van der Waals surface area contributed by atoms with Crippen LogP contribution in [0.5, 0.6) is 0 Å². The number of benzene rings is 1. The standard InChI is InChI=1S/C26H36N2O/c29-25-6-3-13-28(25)24-9-10-26(23-5-2-1-4-22(23)24)11-14-27(15-12-26)21-17-19-7-8-20(16-19)18-21/h1-2,4-5,19-21,24H,3,6-18H2/t19-,20?,21?,24+/m1/s1. The van der Waals surface area contributed by atoms with Crippen LogP contribution in [0.2, 0.25) is 0 Å². The average Bonchev–Trinajstić information content (AvgIpc) is 3.33. The molecule has 1 spiro atoms. The molecule has 3 nitrogen and oxygen atoms in total. The number of amides is 1. The molecule has 29 heavy (non-hydrogen) atoms. The second-order valence-electron chi connectivity index (χ2n) is 10.8. The van der Waals surface area contributed by atoms with Gasteiger partial charge in [-0.15, -0.1) is 0 Å². The van der Waals surface area contributed by atoms with Crippen molar-refractivity contribution >= 4 is 5.91 Å². The molecule has 6 rings (SSSR count). The molecule has 1 aromatic carbocycles. The van der Waals surface area contributed by atoms with Crippen LogP contribution in [0.25, 0.3) is 0 Å². The van der Waals surface area contributed by atoms with E-state index in [-0.39, 0.29) is 0 Å². The summed E-state index contributed by atoms with van der Waals surface area (Å²) in [5, 5.41) is 0. The van der Waals surface area contributed by atoms with Gasteiger partial charge in [0, 0.05) is 19.0 Å². The van der Waals surface area contributed by atoms with Gasteiger partial charge in [-0.05, 0) is 92.8 Å². The lowest BCUT2D eigenvalue weighted by Crippen LogP contribution is -2.50. The van der Waals surface area contributed by atoms with Crippen LogP contribution in [0.4, 0.5) is 0 Å². The van der Waals surface area contributed by atoms with Crippen molar-refractivity contribution in [2.24, 2.45) is 11.8 Å². The first-order chi connectivity index (χ1) is 14.2. The fourth-order valence-corrected chi connectivity index (χ4v) is 7.90. The Morgan fingerprint density at radius 1 is 0.862 bits per heavy atom. The van der Waals surface area contributed by atoms with Crippen molar-refractivity contribution in [2.45, 2.75) is 88.1 Å². The fraction of sp³-hybridized carbons (Fsp3) is 0.731. The van der Waals surface area contributed by atoms with E-state index in [0.717, 1.165) is 43.7 Å². The molecule has 0 N–H and O–H groups in total. The molecular weight excluding hydrogens is 356 g/mol. The number of piperidine rings is 1. The SMILES string of the molecule is O=C1CCCN1[C@H]1CCC2(CCN(C3CC4CC[C@H](C4)C3)CC2)c2ccccc21. The molecule has 2 saturated carbocycles. The number of carbonyl (C=O) groups excluding carboxylic acids is 1. The Morgan fingerprint density at radius 3 is 2.34 bits per heavy atom. The molecule has 4 fully saturated rings. The van der Waals surface area contributed by atoms with E-state index < -0.39 is 0 Å². The van der Waals surface area contributed by atoms with Crippen LogP contribution in [0.15, 0.2) is 24.3 Å². The molecule has 2 unspecified atom stereocenters. The minimum atomic E-state index is 0.332. The minimum absolute atomic E-state index is 0.332. The largest absolute Gasteiger partial charge is 0.336 e. The zero-order valence-electron chi connectivity index (χ0n) is 17.8. The van der Waals surface area contributed by atoms with Crippen LogP contribution in [-0.2, 0) is 10.2 Å². The van der Waals surface area contributed by atoms with Gasteiger partial charge in [0.15, 0.2) is 0 Å². The van der Waals surface area contributed by atoms with Gasteiger partial charge >= 0.3 is 0 Å². The first kappa shape index (κ1) is 18.4. The van der Waals surface area contributed by atoms with E-state index in [1.165, 1.54) is 70.0 Å². The highest BCUT2D eigenvalue weighted by molar-refractivity contribution is 5.78. The van der Waals surface area contributed by atoms with E-state index in [1.54, 1.807) is 5.56 Å². The van der Waals surface area contributed by atoms with E-state index >= 15 is 0 Å². The summed E-state index contributed by atoms with van der Waals surface area (Å²) in [6, 6.07) is 10.4. The maximum Gasteiger partial charge on any atom is 0.223 e. The zero-order valence-corrected chi connectivity index (χ0v) is 17.8. The first-order valence-electron chi connectivity index (χ1n) is 12.3. The average molecular weight is 393 g/mol. The molecule has 2 aliphatic heterocycles. The Balaban J connectivity index is 1.21. The summed E-state index contributed by atoms with van der Waals surface area (Å²) >= 11 is 0. The maximum absolute atomic E-state index is 12.4. The molecule has 1 aromatic rings. The van der Waals surface area contributed by atoms with Gasteiger partial charge in [-0.25, -0.2) is 0 Å². The Morgan fingerprint density at radius 2 is 1.62 bits per heavy atom. The molecule has 4 atom stereocenters. The lowest BCUT2D eigenvalue weighted by atomic mass is 9.63. The van der Waals surface area contributed by atoms with Crippen molar-refractivity contribution in [3.05, 3.63) is 35.4 Å². The second kappa shape index (κ2) is 7.11. The summed E-state index contributed by atoms with van der Waals surface area (Å²) < 4.78 is 0. The van der Waals surface area contributed by atoms with E-state index in [0.29, 0.717) is 17.4 Å². The van der Waals surface area contributed by atoms with Crippen molar-refractivity contribution < 1.29 is 4.79 Å². The molecule has 3 aliphatic carbocycles. The lowest BCUT2D eigenvalue weighted by Gasteiger charge is -2.50. The number of nitrogens with zero attached hydrogens (tertiary/aromatic N) is 2. The Labute approximate surface area is 175 Å². The number of hydrogen-bond donors (Lipinski definition) is 0. The molecule has 2 bridgehead atoms. The van der Waals surface area contributed by atoms with Crippen molar-refractivity contribution in [1.82, 2.24) is 9.80 Å². The summed E-state index contributed by atoms with van der Waals surface area (Å²) in [6.45, 7) is 3.53. The van der Waals surface area contributed by atoms with E-state index in [1.807, 2.05) is 0 Å². The Hall–Kier alpha value is -1.35. The molecule has 1 amide bonds. The van der Waals surface area contributed by atoms with Gasteiger partial charge in [0.1, 0.15) is 0 Å². The second-order valence-corrected chi connectivity index (χ2v) is 10.8. The number of fused-ring (bicyclic) bond motifs is 4. The third-order valence-corrected chi connectivity index (χ3v) is 9.41. The van der Waals surface area contributed by atoms with E-state index in [4.69, 9.17) is 0 Å². The summed E-state index contributed by atoms with van der Waals surface area (Å²) in [5.74, 6) is 2.44. The van der Waals surface area contributed by atoms with Gasteiger partial charge in [-0.3, -0.25) is 4.79 Å². The number of likely N-dealkylation sites (tertiary alicyclic amines) is 2. The van der Waals surface area contributed by atoms with Crippen molar-refractivity contribution in [2.75, 3.05) is 19.6 Å². The number of hydrogen-bond acceptors (Lipinski definition) is 2. The Kier molecular flexibility index (Phi) is 4.52. The van der Waals surface area contributed by atoms with E-state index in [9.17, 15) is 4.79 Å². The van der Waals surface area contributed by atoms with Crippen LogP contribution in [0, 0.1) is 11.8 Å². The zero-order chi connectivity index (χ0) is 19.4. The summed E-state index contributed by atoms with van der Waals surface area (Å²) in [4.78, 5) is 17.5. The van der Waals surface area contributed by atoms with Crippen LogP contribution in [-0.4, -0.2) is 41.4 Å². The predicted octanol–water partition coefficient (Wildman–Crippen LogP) is 5.06. The van der Waals surface area contributed by atoms with Crippen molar-refractivity contribution in [3.63, 3.8) is 0 Å². The molecule has 0 aromatic heterocycles. The molecule has 3 heteroatoms. The summed E-state index contributed by atoms with van der Waals surface area (Å²) in [6.07, 6.45) is 14.3. The fourth-order valence-electron chi connectivity index (χ4n) is 7.90. The smallest absolute Gasteiger partial charge is 0.223 e. The van der Waals surface area contributed by atoms with Crippen LogP contribution in [0.1, 0.15) is 87.8 Å². The molecule has 2 heterocycles. The van der Waals surface area contributed by atoms with Crippen LogP contribution >= 0.6 is 0 Å². The topological polar surface area (TPSA) is 23.6 Å². The molecular formula is C26H36N2O. The summed E-state index contributed by atoms with van der Waals surface area (Å²) in [7, 11) is 0. The van der Waals surface area contributed by atoms with Gasteiger partial charge in [-0.2, -0.15) is 0 Å². The number of rotatable bonds is 2. The predicted molar refractivity (Wildman–Crippen MR) is 116 cm³/mol. The third kappa shape index (κ3) is 3.07. The monoisotopic (exact) mass is 392 g/mol. The molecule has 0 radical (unpaired) electrons. The molecule has 156 valence electrons. The highest BCUT2D eigenvalue weighted by Gasteiger charge is 2.46. The lowest BCUT2D eigenvalue weighted by molar-refractivity contribution is -0.130. The van der Waals surface area contributed by atoms with Crippen LogP contribution < -0.4 is 0 Å². The first-order valence-corrected chi connectivity index (χ1v) is 12.3. The van der Waals surface area contributed by atoms with Gasteiger partial charge in [-0.1, -0.05) is 37.1 Å². The minimum Gasteiger partial charge on any atom is -0.336 e. The Bertz CT molecular complexity index is 769. The highest BCUT2D eigenvalue weighted by atomic mass is 16.2.